The number of benzene rings is 1. The van der Waals surface area contributed by atoms with Crippen LogP contribution in [0.3, 0.4) is 0 Å². The number of hydrazone groups is 1. The summed E-state index contributed by atoms with van der Waals surface area (Å²) in [6, 6.07) is 2.97. The Morgan fingerprint density at radius 3 is 2.90 bits per heavy atom. The Morgan fingerprint density at radius 2 is 2.30 bits per heavy atom. The first kappa shape index (κ1) is 16.5. The monoisotopic (exact) mass is 391 g/mol. The molecule has 1 aromatic rings. The molecule has 0 aliphatic carbocycles. The maximum absolute atomic E-state index is 10.5. The fourth-order valence-electron chi connectivity index (χ4n) is 1.44. The summed E-state index contributed by atoms with van der Waals surface area (Å²) in [6.45, 7) is 2.76. The predicted molar refractivity (Wildman–Crippen MR) is 86.4 cm³/mol. The first-order valence-corrected chi connectivity index (χ1v) is 7.25. The Hall–Kier alpha value is -1.51. The summed E-state index contributed by atoms with van der Waals surface area (Å²) < 4.78 is 12.0. The van der Waals surface area contributed by atoms with Crippen molar-refractivity contribution >= 4 is 34.8 Å². The van der Waals surface area contributed by atoms with Crippen molar-refractivity contribution in [3.63, 3.8) is 0 Å². The van der Waals surface area contributed by atoms with Gasteiger partial charge in [0.25, 0.3) is 0 Å². The van der Waals surface area contributed by atoms with Gasteiger partial charge in [0.1, 0.15) is 0 Å². The molecule has 2 amide bonds. The number of urea groups is 1. The Morgan fingerprint density at radius 1 is 1.55 bits per heavy atom. The standard InChI is InChI=1S/C13H18IN3O3/c1-3-4-5-20-12-10(14)6-9(7-11(12)19-2)8-16-17-13(15)18/h6-8H,3-5H2,1-2H3,(H3,15,17,18)/b16-8-. The highest BCUT2D eigenvalue weighted by atomic mass is 127. The number of rotatable bonds is 7. The fourth-order valence-corrected chi connectivity index (χ4v) is 2.22. The maximum Gasteiger partial charge on any atom is 0.332 e. The van der Waals surface area contributed by atoms with Crippen LogP contribution in [0.1, 0.15) is 25.3 Å². The second-order valence-electron chi connectivity index (χ2n) is 3.97. The molecule has 0 saturated carbocycles. The summed E-state index contributed by atoms with van der Waals surface area (Å²) in [6.07, 6.45) is 3.55. The van der Waals surface area contributed by atoms with Gasteiger partial charge in [0, 0.05) is 0 Å². The zero-order valence-corrected chi connectivity index (χ0v) is 13.6. The van der Waals surface area contributed by atoms with E-state index >= 15 is 0 Å². The highest BCUT2D eigenvalue weighted by molar-refractivity contribution is 14.1. The van der Waals surface area contributed by atoms with Crippen LogP contribution in [0.25, 0.3) is 0 Å². The number of nitrogens with one attached hydrogen (secondary N) is 1. The summed E-state index contributed by atoms with van der Waals surface area (Å²) in [4.78, 5) is 10.5. The topological polar surface area (TPSA) is 85.9 Å². The molecular weight excluding hydrogens is 373 g/mol. The molecule has 0 saturated heterocycles. The lowest BCUT2D eigenvalue weighted by molar-refractivity contribution is 0.249. The van der Waals surface area contributed by atoms with E-state index in [1.165, 1.54) is 6.21 Å². The molecule has 7 heteroatoms. The summed E-state index contributed by atoms with van der Waals surface area (Å²) in [5.74, 6) is 1.36. The molecule has 20 heavy (non-hydrogen) atoms. The molecule has 0 spiro atoms. The molecule has 110 valence electrons. The molecule has 1 rings (SSSR count). The molecule has 0 aromatic heterocycles. The van der Waals surface area contributed by atoms with Crippen LogP contribution in [0.15, 0.2) is 17.2 Å². The van der Waals surface area contributed by atoms with Crippen molar-refractivity contribution in [1.82, 2.24) is 5.43 Å². The molecule has 3 N–H and O–H groups in total. The van der Waals surface area contributed by atoms with Gasteiger partial charge in [-0.05, 0) is 46.7 Å². The molecule has 0 aliphatic rings. The smallest absolute Gasteiger partial charge is 0.332 e. The minimum Gasteiger partial charge on any atom is -0.493 e. The lowest BCUT2D eigenvalue weighted by Crippen LogP contribution is -2.24. The van der Waals surface area contributed by atoms with E-state index < -0.39 is 6.03 Å². The third-order valence-electron chi connectivity index (χ3n) is 2.38. The molecule has 6 nitrogen and oxygen atoms in total. The quantitative estimate of drug-likeness (QED) is 0.324. The van der Waals surface area contributed by atoms with Crippen LogP contribution in [0.5, 0.6) is 11.5 Å². The van der Waals surface area contributed by atoms with Gasteiger partial charge < -0.3 is 15.2 Å². The lowest BCUT2D eigenvalue weighted by Gasteiger charge is -2.13. The minimum atomic E-state index is -0.706. The number of nitrogens with two attached hydrogens (primary N) is 1. The molecule has 0 unspecified atom stereocenters. The molecule has 0 aliphatic heterocycles. The van der Waals surface area contributed by atoms with Crippen LogP contribution in [0, 0.1) is 3.57 Å². The largest absolute Gasteiger partial charge is 0.493 e. The number of hydrogen-bond donors (Lipinski definition) is 2. The van der Waals surface area contributed by atoms with E-state index in [1.807, 2.05) is 6.07 Å². The zero-order chi connectivity index (χ0) is 15.0. The summed E-state index contributed by atoms with van der Waals surface area (Å²) in [7, 11) is 1.58. The average Bonchev–Trinajstić information content (AvgIpc) is 2.40. The second kappa shape index (κ2) is 8.62. The van der Waals surface area contributed by atoms with Crippen LogP contribution in [-0.2, 0) is 0 Å². The molecule has 1 aromatic carbocycles. The van der Waals surface area contributed by atoms with Crippen molar-refractivity contribution in [2.75, 3.05) is 13.7 Å². The number of halogens is 1. The van der Waals surface area contributed by atoms with Gasteiger partial charge in [-0.3, -0.25) is 0 Å². The van der Waals surface area contributed by atoms with Gasteiger partial charge in [-0.2, -0.15) is 5.10 Å². The Kier molecular flexibility index (Phi) is 7.13. The van der Waals surface area contributed by atoms with Crippen molar-refractivity contribution in [2.45, 2.75) is 19.8 Å². The third kappa shape index (κ3) is 5.24. The molecule has 0 heterocycles. The number of unbranched alkanes of at least 4 members (excludes halogenated alkanes) is 1. The summed E-state index contributed by atoms with van der Waals surface area (Å²) in [5.41, 5.74) is 7.85. The number of amides is 2. The van der Waals surface area contributed by atoms with E-state index in [-0.39, 0.29) is 0 Å². The molecule has 0 radical (unpaired) electrons. The summed E-state index contributed by atoms with van der Waals surface area (Å²) in [5, 5.41) is 3.71. The van der Waals surface area contributed by atoms with Gasteiger partial charge in [0.15, 0.2) is 11.5 Å². The number of methoxy groups -OCH3 is 1. The highest BCUT2D eigenvalue weighted by Crippen LogP contribution is 2.33. The van der Waals surface area contributed by atoms with Crippen LogP contribution < -0.4 is 20.6 Å². The van der Waals surface area contributed by atoms with Gasteiger partial charge in [-0.1, -0.05) is 13.3 Å². The number of hydrogen-bond acceptors (Lipinski definition) is 4. The van der Waals surface area contributed by atoms with E-state index in [9.17, 15) is 4.79 Å². The minimum absolute atomic E-state index is 0.633. The summed E-state index contributed by atoms with van der Waals surface area (Å²) >= 11 is 2.17. The number of primary amides is 1. The first-order valence-electron chi connectivity index (χ1n) is 6.17. The van der Waals surface area contributed by atoms with Gasteiger partial charge in [0.2, 0.25) is 0 Å². The van der Waals surface area contributed by atoms with Gasteiger partial charge >= 0.3 is 6.03 Å². The SMILES string of the molecule is CCCCOc1c(I)cc(/C=N\NC(N)=O)cc1OC. The normalized spacial score (nSPS) is 10.6. The molecular formula is C13H18IN3O3. The number of carbonyl (C=O) groups excluding carboxylic acids is 1. The Bertz CT molecular complexity index is 492. The van der Waals surface area contributed by atoms with E-state index in [2.05, 4.69) is 40.0 Å². The van der Waals surface area contributed by atoms with Crippen molar-refractivity contribution in [3.8, 4) is 11.5 Å². The highest BCUT2D eigenvalue weighted by Gasteiger charge is 2.10. The Balaban J connectivity index is 2.88. The van der Waals surface area contributed by atoms with Crippen molar-refractivity contribution in [2.24, 2.45) is 10.8 Å². The van der Waals surface area contributed by atoms with Gasteiger partial charge in [-0.15, -0.1) is 0 Å². The van der Waals surface area contributed by atoms with Gasteiger partial charge in [0.05, 0.1) is 23.5 Å². The third-order valence-corrected chi connectivity index (χ3v) is 3.19. The average molecular weight is 391 g/mol. The first-order chi connectivity index (χ1) is 9.58. The van der Waals surface area contributed by atoms with Crippen molar-refractivity contribution < 1.29 is 14.3 Å². The number of nitrogens with zero attached hydrogens (tertiary/aromatic N) is 1. The van der Waals surface area contributed by atoms with Crippen molar-refractivity contribution in [1.29, 1.82) is 0 Å². The molecule has 0 bridgehead atoms. The molecule has 0 atom stereocenters. The second-order valence-corrected chi connectivity index (χ2v) is 5.13. The lowest BCUT2D eigenvalue weighted by atomic mass is 10.2. The van der Waals surface area contributed by atoms with E-state index in [4.69, 9.17) is 15.2 Å². The van der Waals surface area contributed by atoms with E-state index in [1.54, 1.807) is 13.2 Å². The van der Waals surface area contributed by atoms with Crippen molar-refractivity contribution in [3.05, 3.63) is 21.3 Å². The fraction of sp³-hybridized carbons (Fsp3) is 0.385. The Labute approximate surface area is 131 Å². The number of carbonyl (C=O) groups is 1. The van der Waals surface area contributed by atoms with Crippen LogP contribution >= 0.6 is 22.6 Å². The van der Waals surface area contributed by atoms with Crippen LogP contribution in [0.2, 0.25) is 0 Å². The zero-order valence-electron chi connectivity index (χ0n) is 11.5. The van der Waals surface area contributed by atoms with Crippen LogP contribution in [0.4, 0.5) is 4.79 Å². The maximum atomic E-state index is 10.5. The van der Waals surface area contributed by atoms with E-state index in [0.717, 1.165) is 27.7 Å². The predicted octanol–water partition coefficient (Wildman–Crippen LogP) is 2.48. The van der Waals surface area contributed by atoms with E-state index in [0.29, 0.717) is 12.4 Å². The van der Waals surface area contributed by atoms with Gasteiger partial charge in [-0.25, -0.2) is 10.2 Å². The molecule has 0 fully saturated rings. The van der Waals surface area contributed by atoms with Crippen LogP contribution in [-0.4, -0.2) is 26.0 Å². The number of ether oxygens (including phenoxy) is 2.